The summed E-state index contributed by atoms with van der Waals surface area (Å²) in [5, 5.41) is 0. The van der Waals surface area contributed by atoms with E-state index < -0.39 is 0 Å². The van der Waals surface area contributed by atoms with E-state index in [9.17, 15) is 4.79 Å². The Kier molecular flexibility index (Phi) is 1.66. The van der Waals surface area contributed by atoms with Gasteiger partial charge in [-0.1, -0.05) is 38.6 Å². The normalized spacial score (nSPS) is 21.2. The van der Waals surface area contributed by atoms with Gasteiger partial charge < -0.3 is 4.90 Å². The number of benzene rings is 1. The van der Waals surface area contributed by atoms with Crippen LogP contribution in [0.5, 0.6) is 0 Å². The monoisotopic (exact) mass is 213 g/mol. The quantitative estimate of drug-likeness (QED) is 0.606. The van der Waals surface area contributed by atoms with Crippen molar-refractivity contribution in [2.45, 2.75) is 25.7 Å². The molecular weight excluding hydrogens is 198 g/mol. The lowest BCUT2D eigenvalue weighted by Crippen LogP contribution is -2.42. The summed E-state index contributed by atoms with van der Waals surface area (Å²) in [5.74, 6) is 0.0995. The molecule has 1 amide bonds. The SMILES string of the molecule is C=C1C(=O)N2CCc3cccc(c32)C1(C)C. The van der Waals surface area contributed by atoms with E-state index in [1.807, 2.05) is 4.90 Å². The minimum atomic E-state index is -0.233. The van der Waals surface area contributed by atoms with E-state index >= 15 is 0 Å². The van der Waals surface area contributed by atoms with Crippen molar-refractivity contribution in [3.05, 3.63) is 41.5 Å². The minimum Gasteiger partial charge on any atom is -0.308 e. The predicted molar refractivity (Wildman–Crippen MR) is 64.7 cm³/mol. The second kappa shape index (κ2) is 2.76. The van der Waals surface area contributed by atoms with Crippen LogP contribution >= 0.6 is 0 Å². The maximum atomic E-state index is 12.2. The molecule has 0 saturated carbocycles. The van der Waals surface area contributed by atoms with Crippen molar-refractivity contribution >= 4 is 11.6 Å². The first-order chi connectivity index (χ1) is 7.53. The molecule has 1 aromatic rings. The third kappa shape index (κ3) is 0.946. The molecule has 2 nitrogen and oxygen atoms in total. The van der Waals surface area contributed by atoms with Crippen LogP contribution in [0.2, 0.25) is 0 Å². The van der Waals surface area contributed by atoms with E-state index in [2.05, 4.69) is 38.6 Å². The van der Waals surface area contributed by atoms with Gasteiger partial charge in [-0.15, -0.1) is 0 Å². The summed E-state index contributed by atoms with van der Waals surface area (Å²) in [4.78, 5) is 14.1. The molecule has 0 fully saturated rings. The van der Waals surface area contributed by atoms with Gasteiger partial charge in [0.2, 0.25) is 0 Å². The highest BCUT2D eigenvalue weighted by Crippen LogP contribution is 2.46. The molecule has 0 aromatic heterocycles. The highest BCUT2D eigenvalue weighted by atomic mass is 16.2. The molecule has 2 aliphatic heterocycles. The van der Waals surface area contributed by atoms with Crippen molar-refractivity contribution in [1.29, 1.82) is 0 Å². The average Bonchev–Trinajstić information content (AvgIpc) is 2.68. The van der Waals surface area contributed by atoms with Crippen LogP contribution in [0.25, 0.3) is 0 Å². The van der Waals surface area contributed by atoms with Crippen molar-refractivity contribution in [1.82, 2.24) is 0 Å². The fourth-order valence-electron chi connectivity index (χ4n) is 2.76. The van der Waals surface area contributed by atoms with Gasteiger partial charge in [-0.25, -0.2) is 0 Å². The molecule has 0 atom stereocenters. The number of hydrogen-bond acceptors (Lipinski definition) is 1. The van der Waals surface area contributed by atoms with Gasteiger partial charge in [0.1, 0.15) is 0 Å². The molecule has 1 aromatic carbocycles. The van der Waals surface area contributed by atoms with Gasteiger partial charge in [-0.2, -0.15) is 0 Å². The summed E-state index contributed by atoms with van der Waals surface area (Å²) in [6, 6.07) is 6.33. The topological polar surface area (TPSA) is 20.3 Å². The number of anilines is 1. The molecule has 82 valence electrons. The highest BCUT2D eigenvalue weighted by molar-refractivity contribution is 6.11. The molecule has 0 unspecified atom stereocenters. The number of amides is 1. The van der Waals surface area contributed by atoms with E-state index in [0.717, 1.165) is 18.7 Å². The van der Waals surface area contributed by atoms with Crippen LogP contribution < -0.4 is 4.90 Å². The molecule has 0 N–H and O–H groups in total. The zero-order chi connectivity index (χ0) is 11.5. The van der Waals surface area contributed by atoms with Gasteiger partial charge in [0, 0.05) is 17.5 Å². The smallest absolute Gasteiger partial charge is 0.254 e. The maximum absolute atomic E-state index is 12.2. The molecule has 0 bridgehead atoms. The van der Waals surface area contributed by atoms with Gasteiger partial charge >= 0.3 is 0 Å². The lowest BCUT2D eigenvalue weighted by atomic mass is 9.74. The number of para-hydroxylation sites is 1. The van der Waals surface area contributed by atoms with Crippen LogP contribution in [0.15, 0.2) is 30.4 Å². The first-order valence-electron chi connectivity index (χ1n) is 5.67. The Hall–Kier alpha value is -1.57. The summed E-state index contributed by atoms with van der Waals surface area (Å²) < 4.78 is 0. The summed E-state index contributed by atoms with van der Waals surface area (Å²) in [7, 11) is 0. The maximum Gasteiger partial charge on any atom is 0.254 e. The first kappa shape index (κ1) is 9.64. The molecule has 3 rings (SSSR count). The van der Waals surface area contributed by atoms with Crippen molar-refractivity contribution in [3.8, 4) is 0 Å². The number of carbonyl (C=O) groups is 1. The molecular formula is C14H15NO. The van der Waals surface area contributed by atoms with Gasteiger partial charge in [-0.3, -0.25) is 4.79 Å². The van der Waals surface area contributed by atoms with E-state index in [-0.39, 0.29) is 11.3 Å². The number of carbonyl (C=O) groups excluding carboxylic acids is 1. The summed E-state index contributed by atoms with van der Waals surface area (Å²) in [5.41, 5.74) is 4.16. The standard InChI is InChI=1S/C14H15NO/c1-9-13(16)15-8-7-10-5-4-6-11(12(10)15)14(9,2)3/h4-6H,1,7-8H2,2-3H3. The molecule has 2 aliphatic rings. The third-order valence-electron chi connectivity index (χ3n) is 3.93. The van der Waals surface area contributed by atoms with Gasteiger partial charge in [0.25, 0.3) is 5.91 Å². The lowest BCUT2D eigenvalue weighted by molar-refractivity contribution is -0.115. The minimum absolute atomic E-state index is 0.0995. The summed E-state index contributed by atoms with van der Waals surface area (Å²) in [6.07, 6.45) is 0.971. The Morgan fingerprint density at radius 2 is 2.12 bits per heavy atom. The number of nitrogens with zero attached hydrogens (tertiary/aromatic N) is 1. The lowest BCUT2D eigenvalue weighted by Gasteiger charge is -2.38. The zero-order valence-electron chi connectivity index (χ0n) is 9.71. The van der Waals surface area contributed by atoms with Crippen LogP contribution in [0.4, 0.5) is 5.69 Å². The average molecular weight is 213 g/mol. The summed E-state index contributed by atoms with van der Waals surface area (Å²) >= 11 is 0. The van der Waals surface area contributed by atoms with E-state index in [1.165, 1.54) is 11.1 Å². The van der Waals surface area contributed by atoms with E-state index in [4.69, 9.17) is 0 Å². The first-order valence-corrected chi connectivity index (χ1v) is 5.67. The molecule has 0 saturated heterocycles. The van der Waals surface area contributed by atoms with Crippen LogP contribution in [0.1, 0.15) is 25.0 Å². The third-order valence-corrected chi connectivity index (χ3v) is 3.93. The van der Waals surface area contributed by atoms with E-state index in [1.54, 1.807) is 0 Å². The van der Waals surface area contributed by atoms with Crippen LogP contribution in [0, 0.1) is 0 Å². The highest BCUT2D eigenvalue weighted by Gasteiger charge is 2.42. The Bertz CT molecular complexity index is 513. The molecule has 0 spiro atoms. The Labute approximate surface area is 95.6 Å². The predicted octanol–water partition coefficient (Wildman–Crippen LogP) is 2.42. The second-order valence-electron chi connectivity index (χ2n) is 5.12. The number of hydrogen-bond donors (Lipinski definition) is 0. The van der Waals surface area contributed by atoms with Gasteiger partial charge in [0.15, 0.2) is 0 Å². The zero-order valence-corrected chi connectivity index (χ0v) is 9.71. The Morgan fingerprint density at radius 1 is 1.38 bits per heavy atom. The van der Waals surface area contributed by atoms with Crippen LogP contribution in [-0.2, 0) is 16.6 Å². The van der Waals surface area contributed by atoms with Gasteiger partial charge in [-0.05, 0) is 17.5 Å². The molecule has 0 radical (unpaired) electrons. The fourth-order valence-corrected chi connectivity index (χ4v) is 2.76. The second-order valence-corrected chi connectivity index (χ2v) is 5.12. The van der Waals surface area contributed by atoms with Crippen molar-refractivity contribution in [2.24, 2.45) is 0 Å². The Balaban J connectivity index is 2.35. The molecule has 2 heterocycles. The van der Waals surface area contributed by atoms with Crippen LogP contribution in [0.3, 0.4) is 0 Å². The van der Waals surface area contributed by atoms with Gasteiger partial charge in [0.05, 0.1) is 5.69 Å². The fraction of sp³-hybridized carbons (Fsp3) is 0.357. The van der Waals surface area contributed by atoms with Crippen LogP contribution in [-0.4, -0.2) is 12.5 Å². The molecule has 0 aliphatic carbocycles. The van der Waals surface area contributed by atoms with Crippen molar-refractivity contribution in [2.75, 3.05) is 11.4 Å². The van der Waals surface area contributed by atoms with Crippen molar-refractivity contribution < 1.29 is 4.79 Å². The molecule has 16 heavy (non-hydrogen) atoms. The summed E-state index contributed by atoms with van der Waals surface area (Å²) in [6.45, 7) is 8.95. The van der Waals surface area contributed by atoms with E-state index in [0.29, 0.717) is 5.57 Å². The number of rotatable bonds is 0. The molecule has 2 heteroatoms. The Morgan fingerprint density at radius 3 is 2.88 bits per heavy atom. The van der Waals surface area contributed by atoms with Crippen molar-refractivity contribution in [3.63, 3.8) is 0 Å². The largest absolute Gasteiger partial charge is 0.308 e.